The maximum atomic E-state index is 12.2. The molecule has 1 aliphatic heterocycles. The molecule has 1 amide bonds. The van der Waals surface area contributed by atoms with Crippen molar-refractivity contribution in [2.45, 2.75) is 6.18 Å². The van der Waals surface area contributed by atoms with Gasteiger partial charge in [-0.2, -0.15) is 13.2 Å². The SMILES string of the molecule is O=C(Oc1ccccc1)N1CCN(CC(F)(F)F)CC1. The van der Waals surface area contributed by atoms with Gasteiger partial charge in [-0.25, -0.2) is 4.79 Å². The van der Waals surface area contributed by atoms with E-state index in [9.17, 15) is 18.0 Å². The van der Waals surface area contributed by atoms with E-state index in [-0.39, 0.29) is 26.2 Å². The van der Waals surface area contributed by atoms with Gasteiger partial charge in [0.15, 0.2) is 0 Å². The van der Waals surface area contributed by atoms with E-state index >= 15 is 0 Å². The van der Waals surface area contributed by atoms with Gasteiger partial charge in [0.2, 0.25) is 0 Å². The second-order valence-corrected chi connectivity index (χ2v) is 4.56. The van der Waals surface area contributed by atoms with Crippen LogP contribution >= 0.6 is 0 Å². The van der Waals surface area contributed by atoms with Gasteiger partial charge in [-0.15, -0.1) is 0 Å². The second-order valence-electron chi connectivity index (χ2n) is 4.56. The lowest BCUT2D eigenvalue weighted by molar-refractivity contribution is -0.148. The van der Waals surface area contributed by atoms with Crippen molar-refractivity contribution in [1.82, 2.24) is 9.80 Å². The van der Waals surface area contributed by atoms with Crippen LogP contribution in [0.3, 0.4) is 0 Å². The minimum Gasteiger partial charge on any atom is -0.410 e. The fourth-order valence-corrected chi connectivity index (χ4v) is 2.00. The third kappa shape index (κ3) is 4.41. The highest BCUT2D eigenvalue weighted by atomic mass is 19.4. The molecule has 1 aromatic carbocycles. The molecule has 0 aliphatic carbocycles. The predicted molar refractivity (Wildman–Crippen MR) is 66.5 cm³/mol. The van der Waals surface area contributed by atoms with Crippen molar-refractivity contribution in [2.75, 3.05) is 32.7 Å². The Hall–Kier alpha value is -1.76. The van der Waals surface area contributed by atoms with E-state index in [2.05, 4.69) is 0 Å². The van der Waals surface area contributed by atoms with Gasteiger partial charge in [0.05, 0.1) is 6.54 Å². The number of rotatable bonds is 2. The molecule has 0 bridgehead atoms. The van der Waals surface area contributed by atoms with Gasteiger partial charge in [-0.05, 0) is 12.1 Å². The summed E-state index contributed by atoms with van der Waals surface area (Å²) in [6, 6.07) is 8.58. The summed E-state index contributed by atoms with van der Waals surface area (Å²) in [4.78, 5) is 14.5. The average Bonchev–Trinajstić information content (AvgIpc) is 2.39. The zero-order valence-electron chi connectivity index (χ0n) is 10.8. The molecule has 0 spiro atoms. The first-order chi connectivity index (χ1) is 9.44. The van der Waals surface area contributed by atoms with Crippen molar-refractivity contribution in [2.24, 2.45) is 0 Å². The summed E-state index contributed by atoms with van der Waals surface area (Å²) in [5, 5.41) is 0. The van der Waals surface area contributed by atoms with Crippen molar-refractivity contribution < 1.29 is 22.7 Å². The highest BCUT2D eigenvalue weighted by Crippen LogP contribution is 2.18. The third-order valence-corrected chi connectivity index (χ3v) is 2.98. The molecule has 2 rings (SSSR count). The molecule has 0 unspecified atom stereocenters. The molecule has 0 N–H and O–H groups in total. The van der Waals surface area contributed by atoms with Crippen LogP contribution in [0.1, 0.15) is 0 Å². The summed E-state index contributed by atoms with van der Waals surface area (Å²) in [5.74, 6) is 0.426. The minimum atomic E-state index is -4.20. The first-order valence-corrected chi connectivity index (χ1v) is 6.25. The Morgan fingerprint density at radius 2 is 1.70 bits per heavy atom. The minimum absolute atomic E-state index is 0.198. The molecule has 7 heteroatoms. The fraction of sp³-hybridized carbons (Fsp3) is 0.462. The van der Waals surface area contributed by atoms with E-state index in [1.807, 2.05) is 0 Å². The average molecular weight is 288 g/mol. The maximum Gasteiger partial charge on any atom is 0.415 e. The van der Waals surface area contributed by atoms with E-state index in [0.717, 1.165) is 0 Å². The number of hydrogen-bond acceptors (Lipinski definition) is 3. The number of carbonyl (C=O) groups is 1. The number of halogens is 3. The summed E-state index contributed by atoms with van der Waals surface area (Å²) in [6.07, 6.45) is -4.73. The molecule has 20 heavy (non-hydrogen) atoms. The van der Waals surface area contributed by atoms with E-state index in [1.165, 1.54) is 9.80 Å². The van der Waals surface area contributed by atoms with Crippen LogP contribution in [0.4, 0.5) is 18.0 Å². The summed E-state index contributed by atoms with van der Waals surface area (Å²) < 4.78 is 41.8. The van der Waals surface area contributed by atoms with Crippen LogP contribution in [0.15, 0.2) is 30.3 Å². The van der Waals surface area contributed by atoms with Crippen molar-refractivity contribution >= 4 is 6.09 Å². The van der Waals surface area contributed by atoms with Crippen molar-refractivity contribution in [3.05, 3.63) is 30.3 Å². The van der Waals surface area contributed by atoms with Gasteiger partial charge >= 0.3 is 12.3 Å². The number of alkyl halides is 3. The Labute approximate surface area is 114 Å². The van der Waals surface area contributed by atoms with Crippen LogP contribution < -0.4 is 4.74 Å². The first-order valence-electron chi connectivity index (χ1n) is 6.25. The largest absolute Gasteiger partial charge is 0.415 e. The van der Waals surface area contributed by atoms with Gasteiger partial charge < -0.3 is 9.64 Å². The van der Waals surface area contributed by atoms with E-state index in [0.29, 0.717) is 5.75 Å². The highest BCUT2D eigenvalue weighted by molar-refractivity contribution is 5.70. The summed E-state index contributed by atoms with van der Waals surface area (Å²) in [5.41, 5.74) is 0. The van der Waals surface area contributed by atoms with E-state index in [4.69, 9.17) is 4.74 Å². The van der Waals surface area contributed by atoms with Gasteiger partial charge in [0, 0.05) is 26.2 Å². The lowest BCUT2D eigenvalue weighted by Gasteiger charge is -2.34. The summed E-state index contributed by atoms with van der Waals surface area (Å²) in [7, 11) is 0. The quantitative estimate of drug-likeness (QED) is 0.837. The molecule has 1 aliphatic rings. The number of para-hydroxylation sites is 1. The molecule has 0 atom stereocenters. The Bertz CT molecular complexity index is 443. The first kappa shape index (κ1) is 14.6. The van der Waals surface area contributed by atoms with Crippen LogP contribution in [0.5, 0.6) is 5.75 Å². The van der Waals surface area contributed by atoms with Crippen LogP contribution in [-0.4, -0.2) is 54.8 Å². The van der Waals surface area contributed by atoms with E-state index in [1.54, 1.807) is 30.3 Å². The summed E-state index contributed by atoms with van der Waals surface area (Å²) in [6.45, 7) is -0.0646. The van der Waals surface area contributed by atoms with Crippen molar-refractivity contribution in [1.29, 1.82) is 0 Å². The lowest BCUT2D eigenvalue weighted by atomic mass is 10.3. The zero-order valence-corrected chi connectivity index (χ0v) is 10.8. The molecule has 0 aromatic heterocycles. The number of benzene rings is 1. The molecular weight excluding hydrogens is 273 g/mol. The van der Waals surface area contributed by atoms with Gasteiger partial charge in [-0.1, -0.05) is 18.2 Å². The number of carbonyl (C=O) groups excluding carboxylic acids is 1. The standard InChI is InChI=1S/C13H15F3N2O2/c14-13(15,16)10-17-6-8-18(9-7-17)12(19)20-11-4-2-1-3-5-11/h1-5H,6-10H2. The predicted octanol–water partition coefficient (Wildman–Crippen LogP) is 2.37. The van der Waals surface area contributed by atoms with E-state index < -0.39 is 18.8 Å². The Morgan fingerprint density at radius 3 is 2.25 bits per heavy atom. The molecule has 110 valence electrons. The van der Waals surface area contributed by atoms with Crippen LogP contribution in [-0.2, 0) is 0 Å². The van der Waals surface area contributed by atoms with Crippen LogP contribution in [0, 0.1) is 0 Å². The fourth-order valence-electron chi connectivity index (χ4n) is 2.00. The smallest absolute Gasteiger partial charge is 0.410 e. The highest BCUT2D eigenvalue weighted by Gasteiger charge is 2.33. The number of ether oxygens (including phenoxy) is 1. The molecule has 0 saturated carbocycles. The molecule has 1 saturated heterocycles. The molecular formula is C13H15F3N2O2. The van der Waals surface area contributed by atoms with Crippen LogP contribution in [0.2, 0.25) is 0 Å². The lowest BCUT2D eigenvalue weighted by Crippen LogP contribution is -2.51. The number of nitrogens with zero attached hydrogens (tertiary/aromatic N) is 2. The van der Waals surface area contributed by atoms with Crippen molar-refractivity contribution in [3.63, 3.8) is 0 Å². The van der Waals surface area contributed by atoms with Crippen molar-refractivity contribution in [3.8, 4) is 5.75 Å². The Balaban J connectivity index is 1.80. The molecule has 1 heterocycles. The molecule has 1 fully saturated rings. The molecule has 0 radical (unpaired) electrons. The third-order valence-electron chi connectivity index (χ3n) is 2.98. The molecule has 1 aromatic rings. The molecule has 4 nitrogen and oxygen atoms in total. The Morgan fingerprint density at radius 1 is 1.10 bits per heavy atom. The van der Waals surface area contributed by atoms with Gasteiger partial charge in [-0.3, -0.25) is 4.90 Å². The normalized spacial score (nSPS) is 17.1. The maximum absolute atomic E-state index is 12.2. The zero-order chi connectivity index (χ0) is 14.6. The monoisotopic (exact) mass is 288 g/mol. The number of piperazine rings is 1. The van der Waals surface area contributed by atoms with Crippen LogP contribution in [0.25, 0.3) is 0 Å². The Kier molecular flexibility index (Phi) is 4.49. The number of amides is 1. The topological polar surface area (TPSA) is 32.8 Å². The van der Waals surface area contributed by atoms with Gasteiger partial charge in [0.1, 0.15) is 5.75 Å². The summed E-state index contributed by atoms with van der Waals surface area (Å²) >= 11 is 0. The second kappa shape index (κ2) is 6.13. The number of hydrogen-bond donors (Lipinski definition) is 0. The van der Waals surface area contributed by atoms with Gasteiger partial charge in [0.25, 0.3) is 0 Å².